The van der Waals surface area contributed by atoms with Crippen LogP contribution in [0.4, 0.5) is 0 Å². The molecule has 0 atom stereocenters. The first kappa shape index (κ1) is 9.09. The Labute approximate surface area is 86.8 Å². The number of halogens is 1. The highest BCUT2D eigenvalue weighted by Crippen LogP contribution is 2.22. The van der Waals surface area contributed by atoms with Crippen LogP contribution in [0.5, 0.6) is 0 Å². The van der Waals surface area contributed by atoms with Crippen molar-refractivity contribution in [1.82, 2.24) is 15.0 Å². The smallest absolute Gasteiger partial charge is 0.136 e. The molecule has 0 N–H and O–H groups in total. The molecule has 2 heterocycles. The van der Waals surface area contributed by atoms with Crippen molar-refractivity contribution in [3.63, 3.8) is 0 Å². The Kier molecular flexibility index (Phi) is 2.41. The number of hydrogen-bond acceptors (Lipinski definition) is 3. The normalized spacial score (nSPS) is 10.1. The van der Waals surface area contributed by atoms with Gasteiger partial charge in [0, 0.05) is 11.8 Å². The predicted octanol–water partition coefficient (Wildman–Crippen LogP) is 2.50. The average molecular weight is 206 g/mol. The van der Waals surface area contributed by atoms with Crippen molar-refractivity contribution in [3.8, 4) is 11.4 Å². The molecule has 0 saturated heterocycles. The second-order valence-corrected chi connectivity index (χ2v) is 3.21. The fraction of sp³-hybridized carbons (Fsp3) is 0.100. The van der Waals surface area contributed by atoms with Gasteiger partial charge in [0.2, 0.25) is 0 Å². The lowest BCUT2D eigenvalue weighted by molar-refractivity contribution is 1.12. The summed E-state index contributed by atoms with van der Waals surface area (Å²) in [4.78, 5) is 12.2. The largest absolute Gasteiger partial charge is 0.255 e. The molecule has 0 saturated carbocycles. The molecule has 14 heavy (non-hydrogen) atoms. The van der Waals surface area contributed by atoms with Crippen LogP contribution in [0.2, 0.25) is 5.15 Å². The van der Waals surface area contributed by atoms with Gasteiger partial charge in [-0.1, -0.05) is 17.7 Å². The Morgan fingerprint density at radius 1 is 1.14 bits per heavy atom. The Hall–Kier alpha value is -1.48. The molecule has 70 valence electrons. The van der Waals surface area contributed by atoms with Crippen molar-refractivity contribution in [2.75, 3.05) is 0 Å². The van der Waals surface area contributed by atoms with Crippen LogP contribution in [-0.4, -0.2) is 15.0 Å². The predicted molar refractivity (Wildman–Crippen MR) is 55.0 cm³/mol. The van der Waals surface area contributed by atoms with Crippen molar-refractivity contribution < 1.29 is 0 Å². The zero-order chi connectivity index (χ0) is 9.97. The van der Waals surface area contributed by atoms with Gasteiger partial charge in [-0.3, -0.25) is 4.98 Å². The third-order valence-electron chi connectivity index (χ3n) is 1.93. The minimum absolute atomic E-state index is 0.473. The van der Waals surface area contributed by atoms with E-state index in [4.69, 9.17) is 11.6 Å². The monoisotopic (exact) mass is 205 g/mol. The number of rotatable bonds is 1. The number of hydrogen-bond donors (Lipinski definition) is 0. The lowest BCUT2D eigenvalue weighted by Crippen LogP contribution is -1.93. The van der Waals surface area contributed by atoms with E-state index < -0.39 is 0 Å². The van der Waals surface area contributed by atoms with Crippen molar-refractivity contribution in [2.24, 2.45) is 0 Å². The van der Waals surface area contributed by atoms with E-state index in [9.17, 15) is 0 Å². The highest BCUT2D eigenvalue weighted by Gasteiger charge is 2.07. The molecule has 2 aromatic rings. The molecule has 4 heteroatoms. The molecule has 2 aromatic heterocycles. The second kappa shape index (κ2) is 3.72. The van der Waals surface area contributed by atoms with Crippen LogP contribution in [0.25, 0.3) is 11.4 Å². The third kappa shape index (κ3) is 1.59. The van der Waals surface area contributed by atoms with Crippen molar-refractivity contribution in [3.05, 3.63) is 41.4 Å². The minimum atomic E-state index is 0.473. The van der Waals surface area contributed by atoms with Gasteiger partial charge in [-0.25, -0.2) is 9.97 Å². The van der Waals surface area contributed by atoms with Gasteiger partial charge in [0.1, 0.15) is 11.5 Å². The molecule has 0 radical (unpaired) electrons. The molecule has 0 aliphatic heterocycles. The van der Waals surface area contributed by atoms with Crippen molar-refractivity contribution in [1.29, 1.82) is 0 Å². The summed E-state index contributed by atoms with van der Waals surface area (Å²) in [5.74, 6) is 0. The minimum Gasteiger partial charge on any atom is -0.255 e. The third-order valence-corrected chi connectivity index (χ3v) is 2.31. The SMILES string of the molecule is Cc1c(Cl)ncnc1-c1ccccn1. The standard InChI is InChI=1S/C10H8ClN3/c1-7-9(13-6-14-10(7)11)8-4-2-3-5-12-8/h2-6H,1H3. The summed E-state index contributed by atoms with van der Waals surface area (Å²) in [7, 11) is 0. The maximum Gasteiger partial charge on any atom is 0.136 e. The van der Waals surface area contributed by atoms with E-state index in [1.807, 2.05) is 25.1 Å². The van der Waals surface area contributed by atoms with Gasteiger partial charge in [0.05, 0.1) is 11.4 Å². The molecule has 0 aliphatic rings. The number of aromatic nitrogens is 3. The first-order chi connectivity index (χ1) is 6.79. The molecule has 2 rings (SSSR count). The zero-order valence-corrected chi connectivity index (χ0v) is 8.36. The van der Waals surface area contributed by atoms with Gasteiger partial charge >= 0.3 is 0 Å². The summed E-state index contributed by atoms with van der Waals surface area (Å²) in [6.07, 6.45) is 3.17. The van der Waals surface area contributed by atoms with Crippen LogP contribution in [-0.2, 0) is 0 Å². The lowest BCUT2D eigenvalue weighted by Gasteiger charge is -2.03. The van der Waals surface area contributed by atoms with E-state index in [-0.39, 0.29) is 0 Å². The van der Waals surface area contributed by atoms with Crippen LogP contribution in [0, 0.1) is 6.92 Å². The number of pyridine rings is 1. The van der Waals surface area contributed by atoms with Crippen LogP contribution < -0.4 is 0 Å². The van der Waals surface area contributed by atoms with Crippen molar-refractivity contribution >= 4 is 11.6 Å². The highest BCUT2D eigenvalue weighted by molar-refractivity contribution is 6.30. The maximum atomic E-state index is 5.88. The Bertz CT molecular complexity index is 442. The summed E-state index contributed by atoms with van der Waals surface area (Å²) >= 11 is 5.88. The van der Waals surface area contributed by atoms with Gasteiger partial charge in [0.25, 0.3) is 0 Å². The van der Waals surface area contributed by atoms with Crippen LogP contribution >= 0.6 is 11.6 Å². The fourth-order valence-corrected chi connectivity index (χ4v) is 1.32. The summed E-state index contributed by atoms with van der Waals surface area (Å²) in [5, 5.41) is 0.473. The second-order valence-electron chi connectivity index (χ2n) is 2.85. The van der Waals surface area contributed by atoms with Gasteiger partial charge in [-0.05, 0) is 19.1 Å². The average Bonchev–Trinajstić information content (AvgIpc) is 2.23. The van der Waals surface area contributed by atoms with E-state index in [0.717, 1.165) is 17.0 Å². The molecule has 0 aliphatic carbocycles. The Balaban J connectivity index is 2.58. The van der Waals surface area contributed by atoms with E-state index in [1.54, 1.807) is 6.20 Å². The molecule has 0 unspecified atom stereocenters. The molecule has 0 fully saturated rings. The van der Waals surface area contributed by atoms with E-state index in [2.05, 4.69) is 15.0 Å². The summed E-state index contributed by atoms with van der Waals surface area (Å²) in [5.41, 5.74) is 2.45. The van der Waals surface area contributed by atoms with Crippen LogP contribution in [0.1, 0.15) is 5.56 Å². The number of nitrogens with zero attached hydrogens (tertiary/aromatic N) is 3. The summed E-state index contributed by atoms with van der Waals surface area (Å²) < 4.78 is 0. The first-order valence-corrected chi connectivity index (χ1v) is 4.55. The van der Waals surface area contributed by atoms with E-state index in [0.29, 0.717) is 5.15 Å². The molecule has 0 spiro atoms. The van der Waals surface area contributed by atoms with Gasteiger partial charge in [0.15, 0.2) is 0 Å². The Morgan fingerprint density at radius 3 is 2.71 bits per heavy atom. The van der Waals surface area contributed by atoms with Crippen LogP contribution in [0.3, 0.4) is 0 Å². The van der Waals surface area contributed by atoms with Gasteiger partial charge in [-0.15, -0.1) is 0 Å². The van der Waals surface area contributed by atoms with Gasteiger partial charge < -0.3 is 0 Å². The molecular formula is C10H8ClN3. The van der Waals surface area contributed by atoms with E-state index in [1.165, 1.54) is 6.33 Å². The fourth-order valence-electron chi connectivity index (χ4n) is 1.19. The highest BCUT2D eigenvalue weighted by atomic mass is 35.5. The Morgan fingerprint density at radius 2 is 2.00 bits per heavy atom. The van der Waals surface area contributed by atoms with Crippen molar-refractivity contribution in [2.45, 2.75) is 6.92 Å². The molecule has 3 nitrogen and oxygen atoms in total. The van der Waals surface area contributed by atoms with Gasteiger partial charge in [-0.2, -0.15) is 0 Å². The first-order valence-electron chi connectivity index (χ1n) is 4.17. The summed E-state index contributed by atoms with van der Waals surface area (Å²) in [6.45, 7) is 1.88. The topological polar surface area (TPSA) is 38.7 Å². The molecule has 0 amide bonds. The molecular weight excluding hydrogens is 198 g/mol. The zero-order valence-electron chi connectivity index (χ0n) is 7.61. The summed E-state index contributed by atoms with van der Waals surface area (Å²) in [6, 6.07) is 5.67. The van der Waals surface area contributed by atoms with E-state index >= 15 is 0 Å². The molecule has 0 aromatic carbocycles. The molecule has 0 bridgehead atoms. The quantitative estimate of drug-likeness (QED) is 0.672. The maximum absolute atomic E-state index is 5.88. The van der Waals surface area contributed by atoms with Crippen LogP contribution in [0.15, 0.2) is 30.7 Å². The lowest BCUT2D eigenvalue weighted by atomic mass is 10.2.